The van der Waals surface area contributed by atoms with E-state index < -0.39 is 23.2 Å². The van der Waals surface area contributed by atoms with Crippen molar-refractivity contribution in [3.05, 3.63) is 35.1 Å². The van der Waals surface area contributed by atoms with Crippen molar-refractivity contribution in [1.29, 1.82) is 0 Å². The molecule has 0 bridgehead atoms. The van der Waals surface area contributed by atoms with Gasteiger partial charge in [0.25, 0.3) is 0 Å². The minimum atomic E-state index is -4.80. The predicted molar refractivity (Wildman–Crippen MR) is 45.5 cm³/mol. The molecule has 0 atom stereocenters. The topological polar surface area (TPSA) is 0 Å². The van der Waals surface area contributed by atoms with E-state index in [1.807, 2.05) is 0 Å². The van der Waals surface area contributed by atoms with Gasteiger partial charge in [-0.25, -0.2) is 8.78 Å². The number of hydrogen-bond acceptors (Lipinski definition) is 0. The molecule has 1 rings (SSSR count). The highest BCUT2D eigenvalue weighted by molar-refractivity contribution is 5.30. The Labute approximate surface area is 83.7 Å². The first-order chi connectivity index (χ1) is 6.62. The third kappa shape index (κ3) is 2.67. The standard InChI is InChI=1S/C10H9F5/c1-9(2,12)6-3-4-8(11)7(5-6)10(13,14)15/h3-5H,1-2H3. The van der Waals surface area contributed by atoms with E-state index in [0.29, 0.717) is 12.1 Å². The third-order valence-corrected chi connectivity index (χ3v) is 1.96. The molecule has 0 N–H and O–H groups in total. The van der Waals surface area contributed by atoms with E-state index in [0.717, 1.165) is 19.9 Å². The van der Waals surface area contributed by atoms with Gasteiger partial charge in [0.2, 0.25) is 0 Å². The van der Waals surface area contributed by atoms with Crippen molar-refractivity contribution in [2.75, 3.05) is 0 Å². The Hall–Kier alpha value is -1.13. The van der Waals surface area contributed by atoms with Crippen molar-refractivity contribution >= 4 is 0 Å². The second kappa shape index (κ2) is 3.47. The average Bonchev–Trinajstić information content (AvgIpc) is 2.00. The van der Waals surface area contributed by atoms with Crippen LogP contribution in [0.15, 0.2) is 18.2 Å². The van der Waals surface area contributed by atoms with Crippen molar-refractivity contribution in [2.45, 2.75) is 25.7 Å². The normalized spacial score (nSPS) is 13.0. The van der Waals surface area contributed by atoms with E-state index in [4.69, 9.17) is 0 Å². The van der Waals surface area contributed by atoms with Gasteiger partial charge in [0.15, 0.2) is 0 Å². The molecule has 1 aromatic carbocycles. The molecule has 0 saturated carbocycles. The minimum absolute atomic E-state index is 0.198. The molecule has 0 fully saturated rings. The number of alkyl halides is 4. The molecule has 0 aliphatic heterocycles. The maximum Gasteiger partial charge on any atom is 0.419 e. The first-order valence-corrected chi connectivity index (χ1v) is 4.18. The van der Waals surface area contributed by atoms with Crippen LogP contribution in [0.1, 0.15) is 25.0 Å². The van der Waals surface area contributed by atoms with Gasteiger partial charge in [-0.2, -0.15) is 13.2 Å². The number of benzene rings is 1. The van der Waals surface area contributed by atoms with Crippen LogP contribution in [-0.4, -0.2) is 0 Å². The average molecular weight is 224 g/mol. The number of hydrogen-bond donors (Lipinski definition) is 0. The maximum atomic E-state index is 13.3. The zero-order valence-electron chi connectivity index (χ0n) is 8.12. The van der Waals surface area contributed by atoms with Gasteiger partial charge in [-0.1, -0.05) is 6.07 Å². The molecule has 15 heavy (non-hydrogen) atoms. The van der Waals surface area contributed by atoms with Crippen LogP contribution in [0, 0.1) is 5.82 Å². The molecular formula is C10H9F5. The van der Waals surface area contributed by atoms with Crippen molar-refractivity contribution in [3.8, 4) is 0 Å². The quantitative estimate of drug-likeness (QED) is 0.631. The molecule has 0 radical (unpaired) electrons. The molecule has 1 aromatic rings. The van der Waals surface area contributed by atoms with Crippen molar-refractivity contribution < 1.29 is 22.0 Å². The summed E-state index contributed by atoms with van der Waals surface area (Å²) in [5, 5.41) is 0. The molecule has 0 spiro atoms. The highest BCUT2D eigenvalue weighted by atomic mass is 19.4. The lowest BCUT2D eigenvalue weighted by Gasteiger charge is -2.17. The Balaban J connectivity index is 3.30. The highest BCUT2D eigenvalue weighted by Crippen LogP contribution is 2.34. The summed E-state index contributed by atoms with van der Waals surface area (Å²) in [5.41, 5.74) is -3.56. The lowest BCUT2D eigenvalue weighted by Crippen LogP contribution is -2.14. The van der Waals surface area contributed by atoms with Gasteiger partial charge in [0.1, 0.15) is 11.5 Å². The van der Waals surface area contributed by atoms with Crippen LogP contribution in [0.4, 0.5) is 22.0 Å². The Kier molecular flexibility index (Phi) is 2.76. The summed E-state index contributed by atoms with van der Waals surface area (Å²) in [6, 6.07) is 2.12. The van der Waals surface area contributed by atoms with Crippen LogP contribution in [-0.2, 0) is 11.8 Å². The van der Waals surface area contributed by atoms with Crippen LogP contribution in [0.25, 0.3) is 0 Å². The monoisotopic (exact) mass is 224 g/mol. The van der Waals surface area contributed by atoms with Crippen LogP contribution in [0.2, 0.25) is 0 Å². The third-order valence-electron chi connectivity index (χ3n) is 1.96. The van der Waals surface area contributed by atoms with Gasteiger partial charge < -0.3 is 0 Å². The van der Waals surface area contributed by atoms with E-state index >= 15 is 0 Å². The van der Waals surface area contributed by atoms with Gasteiger partial charge in [-0.05, 0) is 31.5 Å². The van der Waals surface area contributed by atoms with E-state index in [1.165, 1.54) is 0 Å². The highest BCUT2D eigenvalue weighted by Gasteiger charge is 2.35. The van der Waals surface area contributed by atoms with E-state index in [-0.39, 0.29) is 5.56 Å². The molecule has 84 valence electrons. The Morgan fingerprint density at radius 1 is 1.00 bits per heavy atom. The molecule has 0 aromatic heterocycles. The molecule has 0 nitrogen and oxygen atoms in total. The van der Waals surface area contributed by atoms with Crippen LogP contribution >= 0.6 is 0 Å². The minimum Gasteiger partial charge on any atom is -0.239 e. The van der Waals surface area contributed by atoms with Crippen molar-refractivity contribution in [1.82, 2.24) is 0 Å². The lowest BCUT2D eigenvalue weighted by atomic mass is 9.98. The fraction of sp³-hybridized carbons (Fsp3) is 0.400. The molecule has 5 heteroatoms. The summed E-state index contributed by atoms with van der Waals surface area (Å²) in [6.45, 7) is 2.22. The Bertz CT molecular complexity index is 359. The molecular weight excluding hydrogens is 215 g/mol. The van der Waals surface area contributed by atoms with Crippen molar-refractivity contribution in [2.24, 2.45) is 0 Å². The summed E-state index contributed by atoms with van der Waals surface area (Å²) in [7, 11) is 0. The van der Waals surface area contributed by atoms with Gasteiger partial charge in [0.05, 0.1) is 5.56 Å². The SMILES string of the molecule is CC(C)(F)c1ccc(F)c(C(F)(F)F)c1. The fourth-order valence-electron chi connectivity index (χ4n) is 1.11. The second-order valence-corrected chi connectivity index (χ2v) is 3.66. The van der Waals surface area contributed by atoms with E-state index in [1.54, 1.807) is 0 Å². The van der Waals surface area contributed by atoms with Gasteiger partial charge in [0, 0.05) is 0 Å². The lowest BCUT2D eigenvalue weighted by molar-refractivity contribution is -0.140. The largest absolute Gasteiger partial charge is 0.419 e. The van der Waals surface area contributed by atoms with Gasteiger partial charge >= 0.3 is 6.18 Å². The smallest absolute Gasteiger partial charge is 0.239 e. The summed E-state index contributed by atoms with van der Waals surface area (Å²) in [6.07, 6.45) is -4.80. The van der Waals surface area contributed by atoms with Crippen LogP contribution in [0.3, 0.4) is 0 Å². The van der Waals surface area contributed by atoms with Crippen LogP contribution < -0.4 is 0 Å². The first kappa shape index (κ1) is 11.9. The molecule has 0 unspecified atom stereocenters. The summed E-state index contributed by atoms with van der Waals surface area (Å²) >= 11 is 0. The van der Waals surface area contributed by atoms with E-state index in [2.05, 4.69) is 0 Å². The molecule has 0 heterocycles. The van der Waals surface area contributed by atoms with Gasteiger partial charge in [-0.15, -0.1) is 0 Å². The molecule has 0 amide bonds. The first-order valence-electron chi connectivity index (χ1n) is 4.18. The Morgan fingerprint density at radius 2 is 1.53 bits per heavy atom. The Morgan fingerprint density at radius 3 is 1.93 bits per heavy atom. The molecule has 0 aliphatic carbocycles. The predicted octanol–water partition coefficient (Wildman–Crippen LogP) is 4.05. The number of rotatable bonds is 1. The zero-order valence-corrected chi connectivity index (χ0v) is 8.12. The second-order valence-electron chi connectivity index (χ2n) is 3.66. The molecule has 0 aliphatic rings. The summed E-state index contributed by atoms with van der Waals surface area (Å²) in [4.78, 5) is 0. The fourth-order valence-corrected chi connectivity index (χ4v) is 1.11. The van der Waals surface area contributed by atoms with Gasteiger partial charge in [-0.3, -0.25) is 0 Å². The van der Waals surface area contributed by atoms with Crippen molar-refractivity contribution in [3.63, 3.8) is 0 Å². The summed E-state index contributed by atoms with van der Waals surface area (Å²) < 4.78 is 62.9. The summed E-state index contributed by atoms with van der Waals surface area (Å²) in [5.74, 6) is -1.39. The molecule has 0 saturated heterocycles. The van der Waals surface area contributed by atoms with Crippen LogP contribution in [0.5, 0.6) is 0 Å². The van der Waals surface area contributed by atoms with E-state index in [9.17, 15) is 22.0 Å². The maximum absolute atomic E-state index is 13.3. The number of halogens is 5. The zero-order chi connectivity index (χ0) is 11.9.